The van der Waals surface area contributed by atoms with Crippen LogP contribution in [0.5, 0.6) is 0 Å². The molecule has 6 heteroatoms. The number of aliphatic carboxylic acids is 1. The van der Waals surface area contributed by atoms with Crippen LogP contribution in [0.2, 0.25) is 0 Å². The van der Waals surface area contributed by atoms with E-state index in [1.807, 2.05) is 6.07 Å². The standard InChI is InChI=1S/C15H22N2O4/c1-21-11-5-8-13(16)15(20)17(10-9-14(18)19)12-6-3-2-4-7-12/h2-4,6-7,13H,5,8-11,16H2,1H3,(H,18,19). The molecule has 1 atom stereocenters. The molecule has 0 aliphatic carbocycles. The number of ether oxygens (including phenoxy) is 1. The summed E-state index contributed by atoms with van der Waals surface area (Å²) in [6, 6.07) is 8.30. The number of nitrogens with zero attached hydrogens (tertiary/aromatic N) is 1. The van der Waals surface area contributed by atoms with Crippen molar-refractivity contribution >= 4 is 17.6 Å². The molecule has 0 saturated carbocycles. The normalized spacial score (nSPS) is 11.9. The molecule has 0 radical (unpaired) electrons. The van der Waals surface area contributed by atoms with Crippen LogP contribution in [0.25, 0.3) is 0 Å². The van der Waals surface area contributed by atoms with Crippen molar-refractivity contribution in [2.24, 2.45) is 5.73 Å². The highest BCUT2D eigenvalue weighted by Crippen LogP contribution is 2.16. The third-order valence-corrected chi connectivity index (χ3v) is 3.06. The lowest BCUT2D eigenvalue weighted by Crippen LogP contribution is -2.45. The third-order valence-electron chi connectivity index (χ3n) is 3.06. The molecule has 0 spiro atoms. The van der Waals surface area contributed by atoms with Crippen LogP contribution in [0.15, 0.2) is 30.3 Å². The van der Waals surface area contributed by atoms with E-state index in [0.717, 1.165) is 0 Å². The van der Waals surface area contributed by atoms with Gasteiger partial charge in [-0.05, 0) is 25.0 Å². The van der Waals surface area contributed by atoms with Crippen molar-refractivity contribution in [1.82, 2.24) is 0 Å². The topological polar surface area (TPSA) is 92.9 Å². The molecule has 0 bridgehead atoms. The highest BCUT2D eigenvalue weighted by Gasteiger charge is 2.22. The molecular weight excluding hydrogens is 272 g/mol. The average molecular weight is 294 g/mol. The van der Waals surface area contributed by atoms with Crippen LogP contribution in [0, 0.1) is 0 Å². The number of para-hydroxylation sites is 1. The molecule has 3 N–H and O–H groups in total. The van der Waals surface area contributed by atoms with Gasteiger partial charge in [0.25, 0.3) is 0 Å². The van der Waals surface area contributed by atoms with Gasteiger partial charge < -0.3 is 20.5 Å². The van der Waals surface area contributed by atoms with Crippen molar-refractivity contribution in [3.05, 3.63) is 30.3 Å². The Morgan fingerprint density at radius 1 is 1.33 bits per heavy atom. The Kier molecular flexibility index (Phi) is 7.42. The zero-order valence-electron chi connectivity index (χ0n) is 12.2. The summed E-state index contributed by atoms with van der Waals surface area (Å²) < 4.78 is 4.94. The Labute approximate surface area is 124 Å². The first-order valence-corrected chi connectivity index (χ1v) is 6.89. The van der Waals surface area contributed by atoms with Crippen LogP contribution in [-0.4, -0.2) is 43.3 Å². The zero-order chi connectivity index (χ0) is 15.7. The molecule has 0 saturated heterocycles. The van der Waals surface area contributed by atoms with E-state index in [1.165, 1.54) is 4.90 Å². The Hall–Kier alpha value is -1.92. The molecule has 21 heavy (non-hydrogen) atoms. The Bertz CT molecular complexity index is 450. The van der Waals surface area contributed by atoms with Crippen molar-refractivity contribution in [3.8, 4) is 0 Å². The number of hydrogen-bond donors (Lipinski definition) is 2. The molecule has 0 aliphatic rings. The van der Waals surface area contributed by atoms with Gasteiger partial charge in [-0.2, -0.15) is 0 Å². The molecular formula is C15H22N2O4. The highest BCUT2D eigenvalue weighted by atomic mass is 16.5. The summed E-state index contributed by atoms with van der Waals surface area (Å²) in [5.41, 5.74) is 6.57. The zero-order valence-corrected chi connectivity index (χ0v) is 12.2. The van der Waals surface area contributed by atoms with Gasteiger partial charge in [-0.25, -0.2) is 0 Å². The van der Waals surface area contributed by atoms with Crippen molar-refractivity contribution in [2.45, 2.75) is 25.3 Å². The van der Waals surface area contributed by atoms with Gasteiger partial charge in [-0.15, -0.1) is 0 Å². The van der Waals surface area contributed by atoms with E-state index in [4.69, 9.17) is 15.6 Å². The van der Waals surface area contributed by atoms with E-state index in [0.29, 0.717) is 25.1 Å². The van der Waals surface area contributed by atoms with E-state index >= 15 is 0 Å². The number of rotatable bonds is 9. The summed E-state index contributed by atoms with van der Waals surface area (Å²) in [5, 5.41) is 8.82. The lowest BCUT2D eigenvalue weighted by molar-refractivity contribution is -0.136. The summed E-state index contributed by atoms with van der Waals surface area (Å²) >= 11 is 0. The van der Waals surface area contributed by atoms with Gasteiger partial charge in [-0.3, -0.25) is 9.59 Å². The second kappa shape index (κ2) is 9.10. The minimum Gasteiger partial charge on any atom is -0.481 e. The lowest BCUT2D eigenvalue weighted by Gasteiger charge is -2.25. The minimum atomic E-state index is -0.948. The molecule has 116 valence electrons. The predicted molar refractivity (Wildman–Crippen MR) is 80.1 cm³/mol. The lowest BCUT2D eigenvalue weighted by atomic mass is 10.1. The number of anilines is 1. The van der Waals surface area contributed by atoms with Crippen LogP contribution in [-0.2, 0) is 14.3 Å². The first kappa shape index (κ1) is 17.1. The van der Waals surface area contributed by atoms with Crippen LogP contribution >= 0.6 is 0 Å². The van der Waals surface area contributed by atoms with Gasteiger partial charge in [-0.1, -0.05) is 18.2 Å². The molecule has 1 aromatic rings. The third kappa shape index (κ3) is 5.93. The van der Waals surface area contributed by atoms with Crippen molar-refractivity contribution < 1.29 is 19.4 Å². The number of nitrogens with two attached hydrogens (primary N) is 1. The monoisotopic (exact) mass is 294 g/mol. The number of hydrogen-bond acceptors (Lipinski definition) is 4. The van der Waals surface area contributed by atoms with Crippen LogP contribution < -0.4 is 10.6 Å². The predicted octanol–water partition coefficient (Wildman–Crippen LogP) is 1.25. The Morgan fingerprint density at radius 2 is 2.00 bits per heavy atom. The summed E-state index contributed by atoms with van der Waals surface area (Å²) in [7, 11) is 1.59. The van der Waals surface area contributed by atoms with Gasteiger partial charge in [0.2, 0.25) is 5.91 Å². The fourth-order valence-electron chi connectivity index (χ4n) is 1.95. The minimum absolute atomic E-state index is 0.107. The smallest absolute Gasteiger partial charge is 0.305 e. The fraction of sp³-hybridized carbons (Fsp3) is 0.467. The van der Waals surface area contributed by atoms with Crippen LogP contribution in [0.4, 0.5) is 5.69 Å². The number of amides is 1. The molecule has 0 heterocycles. The maximum Gasteiger partial charge on any atom is 0.305 e. The van der Waals surface area contributed by atoms with E-state index < -0.39 is 12.0 Å². The molecule has 0 aliphatic heterocycles. The van der Waals surface area contributed by atoms with Gasteiger partial charge in [0.15, 0.2) is 0 Å². The number of carboxylic acids is 1. The van der Waals surface area contributed by atoms with Gasteiger partial charge in [0, 0.05) is 25.9 Å². The highest BCUT2D eigenvalue weighted by molar-refractivity contribution is 5.97. The van der Waals surface area contributed by atoms with Gasteiger partial charge in [0.1, 0.15) is 0 Å². The van der Waals surface area contributed by atoms with Gasteiger partial charge >= 0.3 is 5.97 Å². The van der Waals surface area contributed by atoms with Crippen molar-refractivity contribution in [3.63, 3.8) is 0 Å². The quantitative estimate of drug-likeness (QED) is 0.669. The Morgan fingerprint density at radius 3 is 2.57 bits per heavy atom. The number of methoxy groups -OCH3 is 1. The summed E-state index contributed by atoms with van der Waals surface area (Å²) in [5.74, 6) is -1.21. The first-order valence-electron chi connectivity index (χ1n) is 6.89. The maximum absolute atomic E-state index is 12.4. The number of carboxylic acid groups (broad SMARTS) is 1. The van der Waals surface area contributed by atoms with Crippen molar-refractivity contribution in [2.75, 3.05) is 25.2 Å². The van der Waals surface area contributed by atoms with Gasteiger partial charge in [0.05, 0.1) is 12.5 Å². The van der Waals surface area contributed by atoms with Crippen molar-refractivity contribution in [1.29, 1.82) is 0 Å². The molecule has 1 amide bonds. The molecule has 6 nitrogen and oxygen atoms in total. The number of carbonyl (C=O) groups excluding carboxylic acids is 1. The fourth-order valence-corrected chi connectivity index (χ4v) is 1.95. The van der Waals surface area contributed by atoms with Crippen LogP contribution in [0.1, 0.15) is 19.3 Å². The second-order valence-corrected chi connectivity index (χ2v) is 4.71. The maximum atomic E-state index is 12.4. The summed E-state index contributed by atoms with van der Waals surface area (Å²) in [6.07, 6.45) is 1.07. The molecule has 0 fully saturated rings. The van der Waals surface area contributed by atoms with E-state index in [-0.39, 0.29) is 18.9 Å². The first-order chi connectivity index (χ1) is 10.1. The number of carbonyl (C=O) groups is 2. The second-order valence-electron chi connectivity index (χ2n) is 4.71. The Balaban J connectivity index is 2.75. The van der Waals surface area contributed by atoms with E-state index in [9.17, 15) is 9.59 Å². The van der Waals surface area contributed by atoms with E-state index in [1.54, 1.807) is 31.4 Å². The SMILES string of the molecule is COCCCC(N)C(=O)N(CCC(=O)O)c1ccccc1. The summed E-state index contributed by atoms with van der Waals surface area (Å²) in [4.78, 5) is 24.6. The molecule has 1 aromatic carbocycles. The summed E-state index contributed by atoms with van der Waals surface area (Å²) in [6.45, 7) is 0.650. The number of benzene rings is 1. The molecule has 1 rings (SSSR count). The molecule has 0 aromatic heterocycles. The largest absolute Gasteiger partial charge is 0.481 e. The molecule has 1 unspecified atom stereocenters. The average Bonchev–Trinajstić information content (AvgIpc) is 2.48. The van der Waals surface area contributed by atoms with E-state index in [2.05, 4.69) is 0 Å². The van der Waals surface area contributed by atoms with Crippen LogP contribution in [0.3, 0.4) is 0 Å².